The first-order chi connectivity index (χ1) is 11.0. The zero-order valence-corrected chi connectivity index (χ0v) is 15.4. The second kappa shape index (κ2) is 6.76. The molecule has 1 amide bonds. The zero-order chi connectivity index (χ0) is 16.6. The van der Waals surface area contributed by atoms with E-state index in [-0.39, 0.29) is 28.5 Å². The largest absolute Gasteiger partial charge is 0.309 e. The van der Waals surface area contributed by atoms with E-state index >= 15 is 0 Å². The van der Waals surface area contributed by atoms with Crippen LogP contribution >= 0.6 is 15.9 Å². The average Bonchev–Trinajstić information content (AvgIpc) is 2.89. The van der Waals surface area contributed by atoms with Crippen LogP contribution in [0.15, 0.2) is 18.2 Å². The molecule has 3 nitrogen and oxygen atoms in total. The molecule has 124 valence electrons. The lowest BCUT2D eigenvalue weighted by molar-refractivity contribution is -0.123. The van der Waals surface area contributed by atoms with Gasteiger partial charge in [0.25, 0.3) is 0 Å². The number of amides is 1. The van der Waals surface area contributed by atoms with E-state index < -0.39 is 0 Å². The minimum absolute atomic E-state index is 0.0949. The van der Waals surface area contributed by atoms with Gasteiger partial charge >= 0.3 is 0 Å². The van der Waals surface area contributed by atoms with Gasteiger partial charge in [0.2, 0.25) is 5.91 Å². The summed E-state index contributed by atoms with van der Waals surface area (Å²) in [4.78, 5) is 26.9. The highest BCUT2D eigenvalue weighted by atomic mass is 79.9. The predicted molar refractivity (Wildman–Crippen MR) is 96.4 cm³/mol. The van der Waals surface area contributed by atoms with E-state index in [0.29, 0.717) is 0 Å². The molecule has 1 aliphatic carbocycles. The molecule has 4 heteroatoms. The van der Waals surface area contributed by atoms with Crippen molar-refractivity contribution >= 4 is 33.3 Å². The number of Topliss-reactive ketones (excluding diaryl/α,β-unsaturated/α-hetero) is 1. The lowest BCUT2D eigenvalue weighted by Gasteiger charge is -2.29. The number of benzene rings is 1. The summed E-state index contributed by atoms with van der Waals surface area (Å²) in [6.45, 7) is 3.95. The monoisotopic (exact) mass is 377 g/mol. The summed E-state index contributed by atoms with van der Waals surface area (Å²) in [6.07, 6.45) is 6.48. The fraction of sp³-hybridized carbons (Fsp3) is 0.579. The van der Waals surface area contributed by atoms with E-state index in [2.05, 4.69) is 22.9 Å². The van der Waals surface area contributed by atoms with Crippen LogP contribution in [-0.2, 0) is 11.2 Å². The van der Waals surface area contributed by atoms with Gasteiger partial charge in [-0.25, -0.2) is 0 Å². The van der Waals surface area contributed by atoms with Crippen LogP contribution in [0.5, 0.6) is 0 Å². The first-order valence-corrected chi connectivity index (χ1v) is 9.55. The summed E-state index contributed by atoms with van der Waals surface area (Å²) in [6, 6.07) is 5.98. The number of nitrogens with zero attached hydrogens (tertiary/aromatic N) is 1. The van der Waals surface area contributed by atoms with E-state index in [1.165, 1.54) is 19.3 Å². The van der Waals surface area contributed by atoms with Crippen LogP contribution in [-0.4, -0.2) is 22.6 Å². The van der Waals surface area contributed by atoms with Crippen LogP contribution in [0.25, 0.3) is 0 Å². The molecular formula is C19H24BrNO2. The minimum atomic E-state index is -0.181. The van der Waals surface area contributed by atoms with Crippen LogP contribution in [0.4, 0.5) is 5.69 Å². The number of hydrogen-bond acceptors (Lipinski definition) is 2. The topological polar surface area (TPSA) is 37.4 Å². The third-order valence-electron chi connectivity index (χ3n) is 5.13. The van der Waals surface area contributed by atoms with Gasteiger partial charge in [0.05, 0.1) is 4.83 Å². The number of fused-ring (bicyclic) bond motifs is 1. The van der Waals surface area contributed by atoms with Gasteiger partial charge in [-0.15, -0.1) is 0 Å². The number of anilines is 1. The van der Waals surface area contributed by atoms with Crippen molar-refractivity contribution in [2.75, 3.05) is 4.90 Å². The Hall–Kier alpha value is -1.16. The highest BCUT2D eigenvalue weighted by Crippen LogP contribution is 2.36. The first-order valence-electron chi connectivity index (χ1n) is 8.63. The molecule has 3 rings (SSSR count). The van der Waals surface area contributed by atoms with Crippen LogP contribution in [0, 0.1) is 5.92 Å². The Bertz CT molecular complexity index is 620. The quantitative estimate of drug-likeness (QED) is 0.573. The Balaban J connectivity index is 1.86. The summed E-state index contributed by atoms with van der Waals surface area (Å²) in [5, 5.41) is 0. The van der Waals surface area contributed by atoms with Gasteiger partial charge in [-0.3, -0.25) is 9.59 Å². The molecule has 1 heterocycles. The lowest BCUT2D eigenvalue weighted by atomic mass is 9.88. The molecule has 0 N–H and O–H groups in total. The Morgan fingerprint density at radius 3 is 2.57 bits per heavy atom. The molecule has 1 aromatic carbocycles. The maximum Gasteiger partial charge on any atom is 0.230 e. The number of ketones is 1. The summed E-state index contributed by atoms with van der Waals surface area (Å²) in [7, 11) is 0. The number of hydrogen-bond donors (Lipinski definition) is 0. The normalized spacial score (nSPS) is 22.7. The van der Waals surface area contributed by atoms with Crippen molar-refractivity contribution in [2.45, 2.75) is 63.2 Å². The molecule has 1 fully saturated rings. The molecule has 1 saturated carbocycles. The van der Waals surface area contributed by atoms with Gasteiger partial charge in [-0.05, 0) is 56.9 Å². The van der Waals surface area contributed by atoms with Crippen molar-refractivity contribution in [3.05, 3.63) is 29.3 Å². The number of carbonyl (C=O) groups is 2. The van der Waals surface area contributed by atoms with Gasteiger partial charge in [0.15, 0.2) is 5.78 Å². The molecule has 0 saturated heterocycles. The molecule has 2 unspecified atom stereocenters. The molecule has 0 spiro atoms. The SMILES string of the molecule is CC(Br)C(=O)c1ccc2c(c1)CC(C)N2C(=O)C1CCCCC1. The summed E-state index contributed by atoms with van der Waals surface area (Å²) < 4.78 is 0. The Morgan fingerprint density at radius 2 is 1.91 bits per heavy atom. The van der Waals surface area contributed by atoms with E-state index in [9.17, 15) is 9.59 Å². The van der Waals surface area contributed by atoms with Crippen LogP contribution in [0.2, 0.25) is 0 Å². The second-order valence-corrected chi connectivity index (χ2v) is 8.29. The van der Waals surface area contributed by atoms with E-state index in [1.54, 1.807) is 0 Å². The van der Waals surface area contributed by atoms with Crippen molar-refractivity contribution in [3.8, 4) is 0 Å². The van der Waals surface area contributed by atoms with E-state index in [1.807, 2.05) is 30.0 Å². The molecule has 0 bridgehead atoms. The van der Waals surface area contributed by atoms with Gasteiger partial charge in [0.1, 0.15) is 0 Å². The highest BCUT2D eigenvalue weighted by Gasteiger charge is 2.35. The molecule has 1 aromatic rings. The maximum absolute atomic E-state index is 13.0. The third-order valence-corrected chi connectivity index (χ3v) is 5.55. The summed E-state index contributed by atoms with van der Waals surface area (Å²) in [5.41, 5.74) is 2.86. The summed E-state index contributed by atoms with van der Waals surface area (Å²) >= 11 is 3.34. The van der Waals surface area contributed by atoms with Crippen molar-refractivity contribution < 1.29 is 9.59 Å². The Morgan fingerprint density at radius 1 is 1.22 bits per heavy atom. The number of alkyl halides is 1. The standard InChI is InChI=1S/C19H24BrNO2/c1-12-10-16-11-15(18(22)13(2)20)8-9-17(16)21(12)19(23)14-6-4-3-5-7-14/h8-9,11-14H,3-7,10H2,1-2H3. The van der Waals surface area contributed by atoms with Crippen LogP contribution < -0.4 is 4.90 Å². The van der Waals surface area contributed by atoms with E-state index in [0.717, 1.165) is 36.1 Å². The van der Waals surface area contributed by atoms with E-state index in [4.69, 9.17) is 0 Å². The van der Waals surface area contributed by atoms with Crippen LogP contribution in [0.1, 0.15) is 61.9 Å². The zero-order valence-electron chi connectivity index (χ0n) is 13.8. The van der Waals surface area contributed by atoms with Gasteiger partial charge in [-0.1, -0.05) is 35.2 Å². The highest BCUT2D eigenvalue weighted by molar-refractivity contribution is 9.10. The summed E-state index contributed by atoms with van der Waals surface area (Å²) in [5.74, 6) is 0.558. The van der Waals surface area contributed by atoms with Crippen molar-refractivity contribution in [2.24, 2.45) is 5.92 Å². The number of halogens is 1. The molecule has 0 radical (unpaired) electrons. The maximum atomic E-state index is 13.0. The minimum Gasteiger partial charge on any atom is -0.309 e. The number of carbonyl (C=O) groups excluding carboxylic acids is 2. The molecule has 1 aliphatic heterocycles. The van der Waals surface area contributed by atoms with Gasteiger partial charge < -0.3 is 4.90 Å². The molecular weight excluding hydrogens is 354 g/mol. The lowest BCUT2D eigenvalue weighted by Crippen LogP contribution is -2.40. The molecule has 23 heavy (non-hydrogen) atoms. The Labute approximate surface area is 146 Å². The van der Waals surface area contributed by atoms with Gasteiger partial charge in [0, 0.05) is 23.2 Å². The fourth-order valence-electron chi connectivity index (χ4n) is 3.90. The molecule has 0 aromatic heterocycles. The van der Waals surface area contributed by atoms with Crippen molar-refractivity contribution in [1.82, 2.24) is 0 Å². The smallest absolute Gasteiger partial charge is 0.230 e. The molecule has 2 aliphatic rings. The van der Waals surface area contributed by atoms with Crippen LogP contribution in [0.3, 0.4) is 0 Å². The van der Waals surface area contributed by atoms with Gasteiger partial charge in [-0.2, -0.15) is 0 Å². The fourth-order valence-corrected chi connectivity index (χ4v) is 4.16. The van der Waals surface area contributed by atoms with Crippen molar-refractivity contribution in [1.29, 1.82) is 0 Å². The first kappa shape index (κ1) is 16.7. The Kier molecular flexibility index (Phi) is 4.90. The predicted octanol–water partition coefficient (Wildman–Crippen LogP) is 4.51. The number of rotatable bonds is 3. The average molecular weight is 378 g/mol. The van der Waals surface area contributed by atoms with Crippen molar-refractivity contribution in [3.63, 3.8) is 0 Å². The second-order valence-electron chi connectivity index (χ2n) is 6.92. The third kappa shape index (κ3) is 3.23. The molecule has 2 atom stereocenters.